The smallest absolute Gasteiger partial charge is 0.0661 e. The molecule has 1 fully saturated rings. The van der Waals surface area contributed by atoms with Crippen LogP contribution in [0.2, 0.25) is 0 Å². The normalized spacial score (nSPS) is 22.6. The van der Waals surface area contributed by atoms with Crippen LogP contribution >= 0.6 is 0 Å². The van der Waals surface area contributed by atoms with E-state index in [1.165, 1.54) is 30.6 Å². The molecule has 1 unspecified atom stereocenters. The van der Waals surface area contributed by atoms with E-state index >= 15 is 0 Å². The van der Waals surface area contributed by atoms with E-state index < -0.39 is 0 Å². The van der Waals surface area contributed by atoms with Crippen LogP contribution in [0.15, 0.2) is 30.6 Å². The Morgan fingerprint density at radius 2 is 2.27 bits per heavy atom. The fourth-order valence-electron chi connectivity index (χ4n) is 2.38. The molecule has 3 heterocycles. The first-order chi connectivity index (χ1) is 7.33. The van der Waals surface area contributed by atoms with Crippen LogP contribution in [0.1, 0.15) is 17.9 Å². The maximum Gasteiger partial charge on any atom is 0.0661 e. The first-order valence-corrected chi connectivity index (χ1v) is 5.45. The van der Waals surface area contributed by atoms with Gasteiger partial charge in [-0.3, -0.25) is 0 Å². The first kappa shape index (κ1) is 8.92. The third-order valence-electron chi connectivity index (χ3n) is 3.28. The van der Waals surface area contributed by atoms with E-state index in [4.69, 9.17) is 0 Å². The standard InChI is InChI=1S/C12H15N3/c1-14-7-5-11(8-14)10-2-3-12-4-6-13-15(12)9-10/h2-4,6,9,11H,5,7-8H2,1H3. The second-order valence-corrected chi connectivity index (χ2v) is 4.41. The molecule has 0 bridgehead atoms. The Hall–Kier alpha value is -1.35. The van der Waals surface area contributed by atoms with Gasteiger partial charge in [-0.15, -0.1) is 0 Å². The van der Waals surface area contributed by atoms with E-state index in [2.05, 4.69) is 35.4 Å². The van der Waals surface area contributed by atoms with Crippen molar-refractivity contribution in [2.24, 2.45) is 0 Å². The Kier molecular flexibility index (Phi) is 1.99. The summed E-state index contributed by atoms with van der Waals surface area (Å²) in [5.74, 6) is 0.684. The molecule has 3 heteroatoms. The maximum atomic E-state index is 4.27. The zero-order valence-corrected chi connectivity index (χ0v) is 8.93. The lowest BCUT2D eigenvalue weighted by molar-refractivity contribution is 0.411. The highest BCUT2D eigenvalue weighted by molar-refractivity contribution is 5.46. The molecule has 78 valence electrons. The Morgan fingerprint density at radius 1 is 1.33 bits per heavy atom. The predicted molar refractivity (Wildman–Crippen MR) is 60.0 cm³/mol. The minimum atomic E-state index is 0.684. The number of hydrogen-bond donors (Lipinski definition) is 0. The van der Waals surface area contributed by atoms with Crippen LogP contribution in [0, 0.1) is 0 Å². The van der Waals surface area contributed by atoms with Gasteiger partial charge in [-0.05, 0) is 43.6 Å². The summed E-state index contributed by atoms with van der Waals surface area (Å²) in [5.41, 5.74) is 2.58. The molecule has 0 aliphatic carbocycles. The Morgan fingerprint density at radius 3 is 3.07 bits per heavy atom. The molecule has 0 amide bonds. The van der Waals surface area contributed by atoms with Crippen LogP contribution in [0.5, 0.6) is 0 Å². The van der Waals surface area contributed by atoms with Crippen molar-refractivity contribution in [3.05, 3.63) is 36.2 Å². The van der Waals surface area contributed by atoms with Gasteiger partial charge in [-0.2, -0.15) is 5.10 Å². The highest BCUT2D eigenvalue weighted by Crippen LogP contribution is 2.26. The van der Waals surface area contributed by atoms with E-state index in [1.54, 1.807) is 0 Å². The van der Waals surface area contributed by atoms with Crippen LogP contribution in [0.25, 0.3) is 5.52 Å². The lowest BCUT2D eigenvalue weighted by Gasteiger charge is -2.10. The number of hydrogen-bond acceptors (Lipinski definition) is 2. The summed E-state index contributed by atoms with van der Waals surface area (Å²) in [4.78, 5) is 2.39. The molecule has 0 spiro atoms. The van der Waals surface area contributed by atoms with Crippen molar-refractivity contribution in [1.29, 1.82) is 0 Å². The van der Waals surface area contributed by atoms with Crippen LogP contribution in [-0.2, 0) is 0 Å². The second-order valence-electron chi connectivity index (χ2n) is 4.41. The summed E-state index contributed by atoms with van der Waals surface area (Å²) in [6.45, 7) is 2.38. The van der Waals surface area contributed by atoms with Gasteiger partial charge < -0.3 is 4.90 Å². The molecule has 0 radical (unpaired) electrons. The van der Waals surface area contributed by atoms with Gasteiger partial charge in [0.15, 0.2) is 0 Å². The quantitative estimate of drug-likeness (QED) is 0.700. The summed E-state index contributed by atoms with van der Waals surface area (Å²) < 4.78 is 1.97. The number of aromatic nitrogens is 2. The molecule has 0 N–H and O–H groups in total. The molecule has 0 saturated carbocycles. The topological polar surface area (TPSA) is 20.5 Å². The van der Waals surface area contributed by atoms with Gasteiger partial charge in [0.05, 0.1) is 5.52 Å². The second kappa shape index (κ2) is 3.35. The molecular weight excluding hydrogens is 186 g/mol. The Bertz CT molecular complexity index is 474. The SMILES string of the molecule is CN1CCC(c2ccc3ccnn3c2)C1. The van der Waals surface area contributed by atoms with Crippen molar-refractivity contribution in [1.82, 2.24) is 14.5 Å². The molecule has 3 nitrogen and oxygen atoms in total. The maximum absolute atomic E-state index is 4.27. The number of fused-ring (bicyclic) bond motifs is 1. The van der Waals surface area contributed by atoms with E-state index in [0.717, 1.165) is 0 Å². The molecule has 2 aromatic rings. The minimum absolute atomic E-state index is 0.684. The molecule has 2 aromatic heterocycles. The molecule has 1 saturated heterocycles. The van der Waals surface area contributed by atoms with Crippen LogP contribution in [0.4, 0.5) is 0 Å². The van der Waals surface area contributed by atoms with Crippen molar-refractivity contribution in [2.75, 3.05) is 20.1 Å². The summed E-state index contributed by atoms with van der Waals surface area (Å²) in [7, 11) is 2.19. The van der Waals surface area contributed by atoms with Gasteiger partial charge in [0.2, 0.25) is 0 Å². The van der Waals surface area contributed by atoms with Crippen molar-refractivity contribution < 1.29 is 0 Å². The van der Waals surface area contributed by atoms with Crippen LogP contribution < -0.4 is 0 Å². The summed E-state index contributed by atoms with van der Waals surface area (Å²) in [6.07, 6.45) is 5.28. The molecule has 3 rings (SSSR count). The number of pyridine rings is 1. The van der Waals surface area contributed by atoms with Crippen molar-refractivity contribution >= 4 is 5.52 Å². The molecule has 0 aromatic carbocycles. The summed E-state index contributed by atoms with van der Waals surface area (Å²) in [6, 6.07) is 6.42. The monoisotopic (exact) mass is 201 g/mol. The van der Waals surface area contributed by atoms with E-state index in [1.807, 2.05) is 16.8 Å². The first-order valence-electron chi connectivity index (χ1n) is 5.45. The lowest BCUT2D eigenvalue weighted by atomic mass is 10.0. The summed E-state index contributed by atoms with van der Waals surface area (Å²) >= 11 is 0. The average molecular weight is 201 g/mol. The molecule has 15 heavy (non-hydrogen) atoms. The Balaban J connectivity index is 1.97. The fraction of sp³-hybridized carbons (Fsp3) is 0.417. The van der Waals surface area contributed by atoms with Gasteiger partial charge in [0, 0.05) is 18.9 Å². The third-order valence-corrected chi connectivity index (χ3v) is 3.28. The average Bonchev–Trinajstić information content (AvgIpc) is 2.84. The molecular formula is C12H15N3. The number of rotatable bonds is 1. The number of nitrogens with zero attached hydrogens (tertiary/aromatic N) is 3. The third kappa shape index (κ3) is 1.53. The van der Waals surface area contributed by atoms with Gasteiger partial charge in [-0.1, -0.05) is 6.07 Å². The predicted octanol–water partition coefficient (Wildman–Crippen LogP) is 1.75. The highest BCUT2D eigenvalue weighted by Gasteiger charge is 2.21. The van der Waals surface area contributed by atoms with Gasteiger partial charge in [0.25, 0.3) is 0 Å². The highest BCUT2D eigenvalue weighted by atomic mass is 15.2. The van der Waals surface area contributed by atoms with E-state index in [9.17, 15) is 0 Å². The zero-order chi connectivity index (χ0) is 10.3. The van der Waals surface area contributed by atoms with E-state index in [0.29, 0.717) is 5.92 Å². The Labute approximate surface area is 89.3 Å². The zero-order valence-electron chi connectivity index (χ0n) is 8.93. The molecule has 1 aliphatic heterocycles. The van der Waals surface area contributed by atoms with Crippen LogP contribution in [-0.4, -0.2) is 34.7 Å². The van der Waals surface area contributed by atoms with Crippen LogP contribution in [0.3, 0.4) is 0 Å². The molecule has 1 atom stereocenters. The number of likely N-dealkylation sites (N-methyl/N-ethyl adjacent to an activating group) is 1. The minimum Gasteiger partial charge on any atom is -0.306 e. The molecule has 1 aliphatic rings. The van der Waals surface area contributed by atoms with Gasteiger partial charge in [-0.25, -0.2) is 4.52 Å². The fourth-order valence-corrected chi connectivity index (χ4v) is 2.38. The van der Waals surface area contributed by atoms with Gasteiger partial charge in [0.1, 0.15) is 0 Å². The summed E-state index contributed by atoms with van der Waals surface area (Å²) in [5, 5.41) is 4.27. The largest absolute Gasteiger partial charge is 0.306 e. The van der Waals surface area contributed by atoms with Crippen molar-refractivity contribution in [3.8, 4) is 0 Å². The number of likely N-dealkylation sites (tertiary alicyclic amines) is 1. The van der Waals surface area contributed by atoms with E-state index in [-0.39, 0.29) is 0 Å². The van der Waals surface area contributed by atoms with Crippen molar-refractivity contribution in [2.45, 2.75) is 12.3 Å². The van der Waals surface area contributed by atoms with Gasteiger partial charge >= 0.3 is 0 Å². The van der Waals surface area contributed by atoms with Crippen molar-refractivity contribution in [3.63, 3.8) is 0 Å². The lowest BCUT2D eigenvalue weighted by Crippen LogP contribution is -2.13.